The van der Waals surface area contributed by atoms with Crippen molar-refractivity contribution >= 4 is 11.9 Å². The second kappa shape index (κ2) is 10.3. The van der Waals surface area contributed by atoms with Gasteiger partial charge in [0.15, 0.2) is 11.4 Å². The largest absolute Gasteiger partial charge is 0.481 e. The van der Waals surface area contributed by atoms with Gasteiger partial charge in [0.1, 0.15) is 11.6 Å². The average molecular weight is 571 g/mol. The molecule has 8 nitrogen and oxygen atoms in total. The number of amides is 1. The standard InChI is InChI=1S/C30H33F3N4O4/c1-18(2)26-34-28(41-35-26)36-12-9-29(10-13-36)30(32,33)16-21-14-19(6-8-25(21)40-29)20-5-7-23(24(31)15-20)27(39)37-11-3-4-22(37)17-38/h5-8,14-15,18,22,38H,3-4,9-13,16-17H2,1-2H3/t22-/m1/s1. The fourth-order valence-electron chi connectivity index (χ4n) is 6.11. The Morgan fingerprint density at radius 1 is 1.12 bits per heavy atom. The summed E-state index contributed by atoms with van der Waals surface area (Å²) in [6, 6.07) is 9.29. The van der Waals surface area contributed by atoms with E-state index in [4.69, 9.17) is 9.26 Å². The van der Waals surface area contributed by atoms with Crippen LogP contribution in [-0.2, 0) is 6.42 Å². The lowest BCUT2D eigenvalue weighted by Gasteiger charge is -2.48. The normalized spacial score (nSPS) is 21.3. The third-order valence-electron chi connectivity index (χ3n) is 8.62. The van der Waals surface area contributed by atoms with Crippen LogP contribution in [0.15, 0.2) is 40.9 Å². The second-order valence-electron chi connectivity index (χ2n) is 11.5. The van der Waals surface area contributed by atoms with Crippen LogP contribution in [0, 0.1) is 5.82 Å². The van der Waals surface area contributed by atoms with E-state index in [1.807, 2.05) is 18.7 Å². The monoisotopic (exact) mass is 570 g/mol. The fourth-order valence-corrected chi connectivity index (χ4v) is 6.11. The number of ether oxygens (including phenoxy) is 1. The molecule has 3 aliphatic rings. The molecule has 3 aromatic rings. The summed E-state index contributed by atoms with van der Waals surface area (Å²) in [5, 5.41) is 13.5. The van der Waals surface area contributed by atoms with E-state index in [1.54, 1.807) is 24.3 Å². The molecule has 1 N–H and O–H groups in total. The number of benzene rings is 2. The van der Waals surface area contributed by atoms with Gasteiger partial charge in [0.05, 0.1) is 18.2 Å². The van der Waals surface area contributed by atoms with Crippen molar-refractivity contribution in [1.29, 1.82) is 0 Å². The van der Waals surface area contributed by atoms with Gasteiger partial charge in [0, 0.05) is 50.4 Å². The van der Waals surface area contributed by atoms with Crippen LogP contribution in [0.2, 0.25) is 0 Å². The Morgan fingerprint density at radius 3 is 2.54 bits per heavy atom. The number of aliphatic hydroxyl groups excluding tert-OH is 1. The number of halogens is 3. The lowest BCUT2D eigenvalue weighted by molar-refractivity contribution is -0.185. The van der Waals surface area contributed by atoms with Crippen LogP contribution in [0.3, 0.4) is 0 Å². The smallest absolute Gasteiger partial charge is 0.324 e. The summed E-state index contributed by atoms with van der Waals surface area (Å²) in [6.07, 6.45) is 1.13. The Bertz CT molecular complexity index is 1450. The van der Waals surface area contributed by atoms with Crippen LogP contribution in [0.5, 0.6) is 5.75 Å². The van der Waals surface area contributed by atoms with Gasteiger partial charge in [-0.2, -0.15) is 4.98 Å². The molecule has 1 aromatic heterocycles. The molecular weight excluding hydrogens is 537 g/mol. The highest BCUT2D eigenvalue weighted by molar-refractivity contribution is 5.95. The molecule has 2 aromatic carbocycles. The number of piperidine rings is 1. The van der Waals surface area contributed by atoms with E-state index in [-0.39, 0.29) is 37.0 Å². The molecule has 2 fully saturated rings. The summed E-state index contributed by atoms with van der Waals surface area (Å²) in [5.41, 5.74) is -0.342. The van der Waals surface area contributed by atoms with Crippen molar-refractivity contribution in [3.63, 3.8) is 0 Å². The van der Waals surface area contributed by atoms with Gasteiger partial charge >= 0.3 is 6.01 Å². The predicted octanol–water partition coefficient (Wildman–Crippen LogP) is 5.21. The number of aromatic nitrogens is 2. The van der Waals surface area contributed by atoms with E-state index < -0.39 is 29.7 Å². The maximum atomic E-state index is 15.7. The highest BCUT2D eigenvalue weighted by atomic mass is 19.3. The molecule has 11 heteroatoms. The Labute approximate surface area is 236 Å². The number of nitrogens with zero attached hydrogens (tertiary/aromatic N) is 4. The van der Waals surface area contributed by atoms with Gasteiger partial charge in [0.2, 0.25) is 0 Å². The maximum absolute atomic E-state index is 15.7. The lowest BCUT2D eigenvalue weighted by atomic mass is 9.79. The SMILES string of the molecule is CC(C)c1noc(N2CCC3(CC2)Oc2ccc(-c4ccc(C(=O)N5CCC[C@@H]5CO)c(F)c4)cc2CC3(F)F)n1. The third kappa shape index (κ3) is 4.83. The molecule has 0 bridgehead atoms. The number of hydrogen-bond acceptors (Lipinski definition) is 7. The Morgan fingerprint density at radius 2 is 1.85 bits per heavy atom. The number of fused-ring (bicyclic) bond motifs is 1. The van der Waals surface area contributed by atoms with Crippen molar-refractivity contribution in [3.05, 3.63) is 59.2 Å². The van der Waals surface area contributed by atoms with Crippen molar-refractivity contribution in [2.24, 2.45) is 0 Å². The van der Waals surface area contributed by atoms with Crippen LogP contribution >= 0.6 is 0 Å². The van der Waals surface area contributed by atoms with Crippen LogP contribution in [0.25, 0.3) is 11.1 Å². The van der Waals surface area contributed by atoms with Gasteiger partial charge in [-0.1, -0.05) is 31.1 Å². The first-order valence-corrected chi connectivity index (χ1v) is 14.1. The van der Waals surface area contributed by atoms with Gasteiger partial charge in [-0.05, 0) is 48.2 Å². The highest BCUT2D eigenvalue weighted by Crippen LogP contribution is 2.49. The molecular formula is C30H33F3N4O4. The number of aliphatic hydroxyl groups is 1. The topological polar surface area (TPSA) is 91.9 Å². The lowest BCUT2D eigenvalue weighted by Crippen LogP contribution is -2.61. The van der Waals surface area contributed by atoms with Crippen LogP contribution in [-0.4, -0.2) is 69.9 Å². The van der Waals surface area contributed by atoms with E-state index in [0.717, 1.165) is 6.42 Å². The maximum Gasteiger partial charge on any atom is 0.324 e. The summed E-state index contributed by atoms with van der Waals surface area (Å²) in [4.78, 5) is 20.6. The summed E-state index contributed by atoms with van der Waals surface area (Å²) in [7, 11) is 0. The molecule has 1 amide bonds. The summed E-state index contributed by atoms with van der Waals surface area (Å²) in [5.74, 6) is -3.20. The summed E-state index contributed by atoms with van der Waals surface area (Å²) < 4.78 is 57.9. The second-order valence-corrected chi connectivity index (χ2v) is 11.5. The van der Waals surface area contributed by atoms with Gasteiger partial charge in [0.25, 0.3) is 11.8 Å². The van der Waals surface area contributed by atoms with Gasteiger partial charge in [-0.15, -0.1) is 0 Å². The molecule has 41 heavy (non-hydrogen) atoms. The molecule has 0 saturated carbocycles. The van der Waals surface area contributed by atoms with E-state index in [2.05, 4.69) is 10.1 Å². The van der Waals surface area contributed by atoms with Gasteiger partial charge in [-0.25, -0.2) is 13.2 Å². The number of anilines is 1. The molecule has 3 aliphatic heterocycles. The number of hydrogen-bond donors (Lipinski definition) is 1. The zero-order valence-electron chi connectivity index (χ0n) is 23.1. The van der Waals surface area contributed by atoms with Gasteiger partial charge < -0.3 is 24.2 Å². The number of rotatable bonds is 5. The molecule has 6 rings (SSSR count). The average Bonchev–Trinajstić information content (AvgIpc) is 3.64. The first-order valence-electron chi connectivity index (χ1n) is 14.1. The highest BCUT2D eigenvalue weighted by Gasteiger charge is 2.59. The first-order chi connectivity index (χ1) is 19.6. The van der Waals surface area contributed by atoms with E-state index in [1.165, 1.54) is 17.0 Å². The van der Waals surface area contributed by atoms with E-state index >= 15 is 13.2 Å². The molecule has 4 heterocycles. The molecule has 1 spiro atoms. The molecule has 0 unspecified atom stereocenters. The first kappa shape index (κ1) is 27.6. The van der Waals surface area contributed by atoms with Crippen LogP contribution < -0.4 is 9.64 Å². The molecule has 0 aliphatic carbocycles. The van der Waals surface area contributed by atoms with Crippen molar-refractivity contribution in [2.45, 2.75) is 69.4 Å². The third-order valence-corrected chi connectivity index (χ3v) is 8.62. The molecule has 1 atom stereocenters. The molecule has 218 valence electrons. The number of likely N-dealkylation sites (tertiary alicyclic amines) is 1. The van der Waals surface area contributed by atoms with Gasteiger partial charge in [-0.3, -0.25) is 4.79 Å². The van der Waals surface area contributed by atoms with Crippen LogP contribution in [0.1, 0.15) is 67.2 Å². The van der Waals surface area contributed by atoms with E-state index in [0.29, 0.717) is 60.3 Å². The zero-order chi connectivity index (χ0) is 28.9. The Balaban J connectivity index is 1.19. The zero-order valence-corrected chi connectivity index (χ0v) is 23.1. The minimum absolute atomic E-state index is 0.0730. The molecule has 0 radical (unpaired) electrons. The quantitative estimate of drug-likeness (QED) is 0.451. The number of carbonyl (C=O) groups excluding carboxylic acids is 1. The van der Waals surface area contributed by atoms with Crippen molar-refractivity contribution in [2.75, 3.05) is 31.1 Å². The Hall–Kier alpha value is -3.60. The minimum atomic E-state index is -3.12. The Kier molecular flexibility index (Phi) is 6.96. The number of carbonyl (C=O) groups is 1. The van der Waals surface area contributed by atoms with Crippen LogP contribution in [0.4, 0.5) is 19.2 Å². The molecule has 2 saturated heterocycles. The summed E-state index contributed by atoms with van der Waals surface area (Å²) >= 11 is 0. The van der Waals surface area contributed by atoms with E-state index in [9.17, 15) is 9.90 Å². The van der Waals surface area contributed by atoms with Crippen molar-refractivity contribution in [3.8, 4) is 16.9 Å². The number of alkyl halides is 2. The summed E-state index contributed by atoms with van der Waals surface area (Å²) in [6.45, 7) is 4.81. The minimum Gasteiger partial charge on any atom is -0.481 e. The van der Waals surface area contributed by atoms with Crippen molar-refractivity contribution < 1.29 is 32.3 Å². The van der Waals surface area contributed by atoms with Crippen molar-refractivity contribution in [1.82, 2.24) is 15.0 Å². The fraction of sp³-hybridized carbons (Fsp3) is 0.500. The predicted molar refractivity (Wildman–Crippen MR) is 145 cm³/mol.